The molecule has 110 valence electrons. The molecule has 21 heavy (non-hydrogen) atoms. The van der Waals surface area contributed by atoms with Gasteiger partial charge in [0.05, 0.1) is 0 Å². The normalized spacial score (nSPS) is 10.4. The van der Waals surface area contributed by atoms with Crippen LogP contribution in [0.4, 0.5) is 5.69 Å². The zero-order chi connectivity index (χ0) is 15.4. The van der Waals surface area contributed by atoms with Gasteiger partial charge in [-0.15, -0.1) is 0 Å². The van der Waals surface area contributed by atoms with Crippen molar-refractivity contribution in [2.45, 2.75) is 20.4 Å². The Labute approximate surface area is 124 Å². The number of aryl methyl sites for hydroxylation is 1. The highest BCUT2D eigenvalue weighted by Crippen LogP contribution is 2.20. The monoisotopic (exact) mass is 284 g/mol. The van der Waals surface area contributed by atoms with E-state index < -0.39 is 0 Å². The minimum absolute atomic E-state index is 0.0659. The van der Waals surface area contributed by atoms with E-state index >= 15 is 0 Å². The minimum atomic E-state index is -0.0659. The fraction of sp³-hybridized carbons (Fsp3) is 0.235. The third kappa shape index (κ3) is 3.34. The van der Waals surface area contributed by atoms with Crippen LogP contribution in [-0.4, -0.2) is 22.5 Å². The van der Waals surface area contributed by atoms with Crippen LogP contribution in [0.15, 0.2) is 42.5 Å². The summed E-state index contributed by atoms with van der Waals surface area (Å²) < 4.78 is 0. The predicted molar refractivity (Wildman–Crippen MR) is 84.1 cm³/mol. The maximum absolute atomic E-state index is 12.6. The Balaban J connectivity index is 2.22. The van der Waals surface area contributed by atoms with Crippen LogP contribution >= 0.6 is 0 Å². The van der Waals surface area contributed by atoms with Gasteiger partial charge in [-0.3, -0.25) is 4.79 Å². The van der Waals surface area contributed by atoms with Gasteiger partial charge in [-0.25, -0.2) is 0 Å². The second kappa shape index (κ2) is 6.31. The Morgan fingerprint density at radius 3 is 2.57 bits per heavy atom. The molecule has 2 aromatic carbocycles. The average Bonchev–Trinajstić information content (AvgIpc) is 2.48. The molecular weight excluding hydrogens is 264 g/mol. The van der Waals surface area contributed by atoms with E-state index in [0.29, 0.717) is 29.9 Å². The molecule has 0 heterocycles. The highest BCUT2D eigenvalue weighted by molar-refractivity contribution is 5.94. The molecule has 0 aliphatic heterocycles. The maximum Gasteiger partial charge on any atom is 0.254 e. The van der Waals surface area contributed by atoms with Crippen molar-refractivity contribution in [2.75, 3.05) is 12.3 Å². The molecular formula is C17H20N2O2. The van der Waals surface area contributed by atoms with Crippen LogP contribution in [0.2, 0.25) is 0 Å². The molecule has 4 heteroatoms. The first-order valence-corrected chi connectivity index (χ1v) is 6.95. The van der Waals surface area contributed by atoms with E-state index in [2.05, 4.69) is 0 Å². The number of phenolic OH excluding ortho intramolecular Hbond substituents is 1. The van der Waals surface area contributed by atoms with Gasteiger partial charge in [-0.05, 0) is 49.2 Å². The van der Waals surface area contributed by atoms with Gasteiger partial charge in [-0.1, -0.05) is 18.2 Å². The molecule has 2 aromatic rings. The van der Waals surface area contributed by atoms with Gasteiger partial charge in [-0.2, -0.15) is 0 Å². The van der Waals surface area contributed by atoms with E-state index in [1.54, 1.807) is 30.0 Å². The van der Waals surface area contributed by atoms with Gasteiger partial charge < -0.3 is 15.7 Å². The second-order valence-electron chi connectivity index (χ2n) is 5.02. The van der Waals surface area contributed by atoms with Crippen molar-refractivity contribution in [3.05, 3.63) is 59.2 Å². The second-order valence-corrected chi connectivity index (χ2v) is 5.02. The summed E-state index contributed by atoms with van der Waals surface area (Å²) in [5.41, 5.74) is 8.82. The van der Waals surface area contributed by atoms with Crippen LogP contribution in [0, 0.1) is 6.92 Å². The third-order valence-corrected chi connectivity index (χ3v) is 3.53. The van der Waals surface area contributed by atoms with Crippen molar-refractivity contribution in [3.63, 3.8) is 0 Å². The van der Waals surface area contributed by atoms with Gasteiger partial charge in [0, 0.05) is 24.3 Å². The summed E-state index contributed by atoms with van der Waals surface area (Å²) >= 11 is 0. The van der Waals surface area contributed by atoms with Crippen molar-refractivity contribution >= 4 is 11.6 Å². The van der Waals surface area contributed by atoms with Crippen LogP contribution in [-0.2, 0) is 6.54 Å². The topological polar surface area (TPSA) is 66.6 Å². The number of nitrogen functional groups attached to an aromatic ring is 1. The summed E-state index contributed by atoms with van der Waals surface area (Å²) in [4.78, 5) is 14.3. The predicted octanol–water partition coefficient (Wildman–Crippen LogP) is 2.95. The molecule has 4 nitrogen and oxygen atoms in total. The van der Waals surface area contributed by atoms with Crippen molar-refractivity contribution in [1.29, 1.82) is 0 Å². The molecule has 0 fully saturated rings. The number of rotatable bonds is 4. The maximum atomic E-state index is 12.6. The SMILES string of the molecule is CCN(Cc1ccccc1N)C(=O)c1ccc(O)c(C)c1. The van der Waals surface area contributed by atoms with Crippen molar-refractivity contribution in [3.8, 4) is 5.75 Å². The molecule has 0 aromatic heterocycles. The lowest BCUT2D eigenvalue weighted by Crippen LogP contribution is -2.30. The molecule has 0 atom stereocenters. The summed E-state index contributed by atoms with van der Waals surface area (Å²) in [5, 5.41) is 9.55. The number of para-hydroxylation sites is 1. The molecule has 2 rings (SSSR count). The number of anilines is 1. The standard InChI is InChI=1S/C17H20N2O2/c1-3-19(11-14-6-4-5-7-15(14)18)17(21)13-8-9-16(20)12(2)10-13/h4-10,20H,3,11,18H2,1-2H3. The number of carbonyl (C=O) groups is 1. The van der Waals surface area contributed by atoms with E-state index in [9.17, 15) is 9.90 Å². The number of hydrogen-bond acceptors (Lipinski definition) is 3. The lowest BCUT2D eigenvalue weighted by Gasteiger charge is -2.22. The number of hydrogen-bond donors (Lipinski definition) is 2. The van der Waals surface area contributed by atoms with E-state index in [0.717, 1.165) is 5.56 Å². The highest BCUT2D eigenvalue weighted by atomic mass is 16.3. The highest BCUT2D eigenvalue weighted by Gasteiger charge is 2.16. The summed E-state index contributed by atoms with van der Waals surface area (Å²) in [7, 11) is 0. The summed E-state index contributed by atoms with van der Waals surface area (Å²) in [6, 6.07) is 12.4. The number of carbonyl (C=O) groups excluding carboxylic acids is 1. The van der Waals surface area contributed by atoms with Crippen LogP contribution < -0.4 is 5.73 Å². The van der Waals surface area contributed by atoms with E-state index in [1.807, 2.05) is 31.2 Å². The molecule has 0 aliphatic rings. The number of amides is 1. The van der Waals surface area contributed by atoms with Crippen LogP contribution in [0.3, 0.4) is 0 Å². The quantitative estimate of drug-likeness (QED) is 0.848. The summed E-state index contributed by atoms with van der Waals surface area (Å²) in [5.74, 6) is 0.130. The number of nitrogens with zero attached hydrogens (tertiary/aromatic N) is 1. The molecule has 1 amide bonds. The van der Waals surface area contributed by atoms with E-state index in [4.69, 9.17) is 5.73 Å². The molecule has 0 spiro atoms. The van der Waals surface area contributed by atoms with Gasteiger partial charge >= 0.3 is 0 Å². The average molecular weight is 284 g/mol. The Morgan fingerprint density at radius 1 is 1.24 bits per heavy atom. The number of phenols is 1. The fourth-order valence-corrected chi connectivity index (χ4v) is 2.18. The molecule has 0 radical (unpaired) electrons. The largest absolute Gasteiger partial charge is 0.508 e. The molecule has 0 saturated heterocycles. The summed E-state index contributed by atoms with van der Waals surface area (Å²) in [6.45, 7) is 4.77. The van der Waals surface area contributed by atoms with Crippen molar-refractivity contribution in [1.82, 2.24) is 4.90 Å². The summed E-state index contributed by atoms with van der Waals surface area (Å²) in [6.07, 6.45) is 0. The lowest BCUT2D eigenvalue weighted by atomic mass is 10.1. The Morgan fingerprint density at radius 2 is 1.95 bits per heavy atom. The van der Waals surface area contributed by atoms with Gasteiger partial charge in [0.15, 0.2) is 0 Å². The lowest BCUT2D eigenvalue weighted by molar-refractivity contribution is 0.0753. The molecule has 0 aliphatic carbocycles. The molecule has 3 N–H and O–H groups in total. The van der Waals surface area contributed by atoms with Gasteiger partial charge in [0.25, 0.3) is 5.91 Å². The molecule has 0 saturated carbocycles. The first-order chi connectivity index (χ1) is 10.0. The number of benzene rings is 2. The zero-order valence-corrected chi connectivity index (χ0v) is 12.3. The smallest absolute Gasteiger partial charge is 0.254 e. The minimum Gasteiger partial charge on any atom is -0.508 e. The van der Waals surface area contributed by atoms with E-state index in [1.165, 1.54) is 0 Å². The zero-order valence-electron chi connectivity index (χ0n) is 12.3. The molecule has 0 unspecified atom stereocenters. The van der Waals surface area contributed by atoms with E-state index in [-0.39, 0.29) is 11.7 Å². The Kier molecular flexibility index (Phi) is 4.48. The van der Waals surface area contributed by atoms with Crippen LogP contribution in [0.25, 0.3) is 0 Å². The number of aromatic hydroxyl groups is 1. The Hall–Kier alpha value is -2.49. The first-order valence-electron chi connectivity index (χ1n) is 6.95. The first kappa shape index (κ1) is 14.9. The van der Waals surface area contributed by atoms with Crippen molar-refractivity contribution in [2.24, 2.45) is 0 Å². The van der Waals surface area contributed by atoms with Crippen molar-refractivity contribution < 1.29 is 9.90 Å². The third-order valence-electron chi connectivity index (χ3n) is 3.53. The van der Waals surface area contributed by atoms with Gasteiger partial charge in [0.1, 0.15) is 5.75 Å². The number of nitrogens with two attached hydrogens (primary N) is 1. The Bertz CT molecular complexity index is 653. The fourth-order valence-electron chi connectivity index (χ4n) is 2.18. The molecule has 0 bridgehead atoms. The van der Waals surface area contributed by atoms with Gasteiger partial charge in [0.2, 0.25) is 0 Å². The van der Waals surface area contributed by atoms with Crippen LogP contribution in [0.5, 0.6) is 5.75 Å². The van der Waals surface area contributed by atoms with Crippen LogP contribution in [0.1, 0.15) is 28.4 Å².